The second kappa shape index (κ2) is 25.3. The van der Waals surface area contributed by atoms with E-state index >= 15 is 0 Å². The van der Waals surface area contributed by atoms with Crippen molar-refractivity contribution in [1.29, 1.82) is 0 Å². The maximum atomic E-state index is 12.9. The lowest BCUT2D eigenvalue weighted by molar-refractivity contribution is -0.384. The number of hydrogen-bond donors (Lipinski definition) is 5. The molecule has 2 unspecified atom stereocenters. The number of nitro benzene ring substituents is 1. The number of alkyl carbamates (subject to hydrolysis) is 2. The maximum Gasteiger partial charge on any atom is 0.410 e. The van der Waals surface area contributed by atoms with E-state index in [2.05, 4.69) is 105 Å². The van der Waals surface area contributed by atoms with Crippen molar-refractivity contribution in [2.24, 2.45) is 107 Å². The first-order valence-electron chi connectivity index (χ1n) is 37.4. The second-order valence-electron chi connectivity index (χ2n) is 35.8. The summed E-state index contributed by atoms with van der Waals surface area (Å²) in [5, 5.41) is 51.6. The highest BCUT2D eigenvalue weighted by Gasteiger charge is 2.87. The predicted molar refractivity (Wildman–Crippen MR) is 367 cm³/mol. The Kier molecular flexibility index (Phi) is 18.9. The van der Waals surface area contributed by atoms with Crippen LogP contribution in [0.5, 0.6) is 5.75 Å². The SMILES string of the molecule is C=C(C)C(OC(=O)NCC)[C@H]1C[C@@H](C)[C@H]2[C@H](O1)[C@H](O)[C@@]1(C)[C@@H]3CC[C@H]4C(C)(C)[C@@H](OC(=O)N5CCC5)CC[C@@]45C[C@@]35CC[C@]21C.CCNC(=O)OC(C(C)C)[C@H]1C[C@@H](C)[C@H]2[C@H](O1)[C@H](O)[C@@]1(C)[C@@H]3CC[C@H]4C(C)(C)[C@@H](O)CC[C@@]45C[C@@]35CC[C@]21C.O=C(Cl)Oc1ccc([N+](=O)[O-])cc1. The summed E-state index contributed by atoms with van der Waals surface area (Å²) in [5.74, 6) is 3.61. The molecule has 1 aromatic carbocycles. The van der Waals surface area contributed by atoms with Crippen LogP contribution in [0.3, 0.4) is 0 Å². The van der Waals surface area contributed by atoms with Crippen LogP contribution < -0.4 is 15.4 Å². The van der Waals surface area contributed by atoms with Gasteiger partial charge in [0, 0.05) is 66.2 Å². The fourth-order valence-electron chi connectivity index (χ4n) is 26.4. The van der Waals surface area contributed by atoms with Crippen molar-refractivity contribution in [2.75, 3.05) is 26.2 Å². The number of nitrogens with one attached hydrogen (secondary N) is 2. The average molecular weight is 1370 g/mol. The molecule has 0 radical (unpaired) electrons. The van der Waals surface area contributed by atoms with E-state index in [1.54, 1.807) is 0 Å². The minimum atomic E-state index is -0.978. The minimum absolute atomic E-state index is 0.0193. The van der Waals surface area contributed by atoms with Crippen molar-refractivity contribution < 1.29 is 67.8 Å². The van der Waals surface area contributed by atoms with Crippen molar-refractivity contribution >= 4 is 41.0 Å². The number of halogens is 1. The van der Waals surface area contributed by atoms with E-state index in [0.29, 0.717) is 65.3 Å². The topological polar surface area (TPSA) is 255 Å². The van der Waals surface area contributed by atoms with E-state index in [1.807, 2.05) is 25.7 Å². The molecule has 26 atom stereocenters. The number of aliphatic hydroxyl groups is 3. The monoisotopic (exact) mass is 1370 g/mol. The highest BCUT2D eigenvalue weighted by molar-refractivity contribution is 6.61. The number of carbonyl (C=O) groups excluding carboxylic acids is 4. The molecule has 0 bridgehead atoms. The third-order valence-electron chi connectivity index (χ3n) is 31.1. The fraction of sp³-hybridized carbons (Fsp3) is 0.844. The molecule has 3 heterocycles. The van der Waals surface area contributed by atoms with E-state index < -0.39 is 34.8 Å². The Morgan fingerprint density at radius 3 is 1.61 bits per heavy atom. The molecule has 3 amide bonds. The van der Waals surface area contributed by atoms with E-state index in [-0.39, 0.29) is 122 Å². The van der Waals surface area contributed by atoms with Crippen molar-refractivity contribution in [1.82, 2.24) is 15.5 Å². The summed E-state index contributed by atoms with van der Waals surface area (Å²) in [6.45, 7) is 40.5. The second-order valence-corrected chi connectivity index (χ2v) is 36.1. The Bertz CT molecular complexity index is 3200. The number of fused-ring (bicyclic) bond motifs is 8. The number of nitrogens with zero attached hydrogens (tertiary/aromatic N) is 2. The van der Waals surface area contributed by atoms with Crippen molar-refractivity contribution in [3.05, 3.63) is 46.5 Å². The zero-order valence-electron chi connectivity index (χ0n) is 60.8. The molecule has 0 aromatic heterocycles. The largest absolute Gasteiger partial charge is 0.446 e. The van der Waals surface area contributed by atoms with Gasteiger partial charge in [0.2, 0.25) is 0 Å². The third kappa shape index (κ3) is 10.8. The molecule has 10 aliphatic carbocycles. The van der Waals surface area contributed by atoms with Crippen molar-refractivity contribution in [2.45, 2.75) is 274 Å². The van der Waals surface area contributed by atoms with Gasteiger partial charge in [-0.1, -0.05) is 89.7 Å². The first-order valence-corrected chi connectivity index (χ1v) is 37.8. The quantitative estimate of drug-likeness (QED) is 0.0454. The zero-order valence-corrected chi connectivity index (χ0v) is 61.6. The molecule has 3 saturated heterocycles. The molecule has 13 aliphatic rings. The molecular formula is C77H117ClN4O15. The Balaban J connectivity index is 0.000000157. The van der Waals surface area contributed by atoms with Gasteiger partial charge in [-0.3, -0.25) is 10.1 Å². The lowest BCUT2D eigenvalue weighted by atomic mass is 9.41. The average Bonchev–Trinajstić information content (AvgIpc) is 1.47. The molecule has 1 aromatic rings. The van der Waals surface area contributed by atoms with Gasteiger partial charge >= 0.3 is 23.7 Å². The van der Waals surface area contributed by atoms with E-state index in [4.69, 9.17) is 35.3 Å². The van der Waals surface area contributed by atoms with E-state index in [0.717, 1.165) is 95.7 Å². The summed E-state index contributed by atoms with van der Waals surface area (Å²) in [6.07, 6.45) is 14.5. The zero-order chi connectivity index (χ0) is 70.5. The van der Waals surface area contributed by atoms with Crippen LogP contribution in [0.25, 0.3) is 0 Å². The Labute approximate surface area is 581 Å². The molecular weight excluding hydrogens is 1260 g/mol. The molecule has 97 heavy (non-hydrogen) atoms. The van der Waals surface area contributed by atoms with Gasteiger partial charge in [0.1, 0.15) is 18.0 Å². The highest BCUT2D eigenvalue weighted by atomic mass is 35.5. The fourth-order valence-corrected chi connectivity index (χ4v) is 26.5. The minimum Gasteiger partial charge on any atom is -0.446 e. The number of nitro groups is 1. The van der Waals surface area contributed by atoms with Crippen LogP contribution in [0.2, 0.25) is 0 Å². The van der Waals surface area contributed by atoms with Gasteiger partial charge in [0.25, 0.3) is 5.69 Å². The number of rotatable bonds is 11. The normalized spacial score (nSPS) is 45.9. The van der Waals surface area contributed by atoms with Crippen LogP contribution in [0, 0.1) is 118 Å². The summed E-state index contributed by atoms with van der Waals surface area (Å²) >= 11 is 4.92. The molecule has 10 saturated carbocycles. The first-order chi connectivity index (χ1) is 45.5. The number of ether oxygens (including phenoxy) is 6. The molecule has 14 rings (SSSR count). The van der Waals surface area contributed by atoms with Gasteiger partial charge in [-0.25, -0.2) is 19.2 Å². The van der Waals surface area contributed by atoms with Crippen molar-refractivity contribution in [3.63, 3.8) is 0 Å². The Morgan fingerprint density at radius 1 is 0.680 bits per heavy atom. The summed E-state index contributed by atoms with van der Waals surface area (Å²) in [5.41, 5.74) is 0.306. The van der Waals surface area contributed by atoms with Crippen molar-refractivity contribution in [3.8, 4) is 5.75 Å². The highest BCUT2D eigenvalue weighted by Crippen LogP contribution is 2.91. The van der Waals surface area contributed by atoms with E-state index in [1.165, 1.54) is 56.4 Å². The Hall–Kier alpha value is -4.27. The predicted octanol–water partition coefficient (Wildman–Crippen LogP) is 15.0. The van der Waals surface area contributed by atoms with Gasteiger partial charge in [-0.2, -0.15) is 0 Å². The Morgan fingerprint density at radius 2 is 1.14 bits per heavy atom. The lowest BCUT2D eigenvalue weighted by Crippen LogP contribution is -2.60. The third-order valence-corrected chi connectivity index (χ3v) is 31.2. The van der Waals surface area contributed by atoms with Crippen LogP contribution in [0.1, 0.15) is 213 Å². The molecule has 19 nitrogen and oxygen atoms in total. The van der Waals surface area contributed by atoms with Crippen LogP contribution >= 0.6 is 11.6 Å². The summed E-state index contributed by atoms with van der Waals surface area (Å²) < 4.78 is 36.2. The standard InChI is InChI=1S/C37H58N2O6.C33H55NO5.C7H4ClNO4/c1-9-38-31(41)45-28(21(2)3)23-19-22(4)27-29(43-23)30(40)35(8)25-12-11-24-33(5,6)26(44-32(42)39-17-10-18-39)13-14-36(24)20-37(25,36)16-15-34(27,35)7;1-9-34-28(37)39-25(18(2)3)20-16-19(4)24-26(38-20)27(36)31(8)22-11-10-21-29(5,6)23(35)12-13-32(21)17-33(22,32)15-14-30(24,31)7;8-7(10)13-6-3-1-5(2-4-6)9(11)12/h22-30,40H,2,9-20H2,1,3-8H3,(H,38,41);18-27,35-36H,9-17H2,1-8H3,(H,34,37);1-4H/t22-,23-,24+,25+,26+,27+,28?,29+,30+,34-,35-,36-,37+;19-,20-,21+,22+,23+,24+,25?,26+,27+,30-,31-,32-,33+;/m11./s1. The van der Waals surface area contributed by atoms with Gasteiger partial charge in [-0.15, -0.1) is 0 Å². The maximum absolute atomic E-state index is 12.9. The molecule has 542 valence electrons. The molecule has 13 fully saturated rings. The number of aliphatic hydroxyl groups excluding tert-OH is 3. The molecule has 4 spiro atoms. The van der Waals surface area contributed by atoms with Crippen LogP contribution in [0.4, 0.5) is 24.9 Å². The van der Waals surface area contributed by atoms with Crippen LogP contribution in [0.15, 0.2) is 36.4 Å². The number of amides is 3. The first kappa shape index (κ1) is 72.5. The van der Waals surface area contributed by atoms with E-state index in [9.17, 15) is 44.6 Å². The molecule has 5 N–H and O–H groups in total. The number of non-ortho nitro benzene ring substituents is 1. The number of carbonyl (C=O) groups is 4. The number of benzene rings is 1. The summed E-state index contributed by atoms with van der Waals surface area (Å²) in [6, 6.07) is 5.02. The smallest absolute Gasteiger partial charge is 0.410 e. The van der Waals surface area contributed by atoms with Gasteiger partial charge in [0.15, 0.2) is 6.10 Å². The number of likely N-dealkylation sites (tertiary alicyclic amines) is 1. The summed E-state index contributed by atoms with van der Waals surface area (Å²) in [7, 11) is 0. The van der Waals surface area contributed by atoms with Gasteiger partial charge < -0.3 is 59.3 Å². The molecule has 20 heteroatoms. The lowest BCUT2D eigenvalue weighted by Gasteiger charge is -2.63. The van der Waals surface area contributed by atoms with Gasteiger partial charge in [-0.05, 0) is 239 Å². The number of hydrogen-bond acceptors (Lipinski definition) is 15. The summed E-state index contributed by atoms with van der Waals surface area (Å²) in [4.78, 5) is 59.5. The molecule has 3 aliphatic heterocycles. The van der Waals surface area contributed by atoms with Crippen LogP contribution in [-0.2, 0) is 23.7 Å². The van der Waals surface area contributed by atoms with Crippen LogP contribution in [-0.4, -0.2) is 136 Å². The van der Waals surface area contributed by atoms with Gasteiger partial charge in [0.05, 0.1) is 47.7 Å².